The van der Waals surface area contributed by atoms with Gasteiger partial charge in [-0.2, -0.15) is 10.5 Å². The number of rotatable bonds is 11. The number of pyridine rings is 2. The Morgan fingerprint density at radius 1 is 0.778 bits per heavy atom. The molecular formula is C33H28CoN10O10. The average Bonchev–Trinajstić information content (AvgIpc) is 3.12. The molecule has 4 aromatic rings. The zero-order chi connectivity index (χ0) is 39.6. The van der Waals surface area contributed by atoms with Crippen molar-refractivity contribution in [2.75, 3.05) is 7.11 Å². The van der Waals surface area contributed by atoms with Gasteiger partial charge in [0, 0.05) is 65.3 Å². The van der Waals surface area contributed by atoms with Crippen molar-refractivity contribution in [2.45, 2.75) is 26.9 Å². The average molecular weight is 784 g/mol. The van der Waals surface area contributed by atoms with E-state index in [-0.39, 0.29) is 104 Å². The smallest absolute Gasteiger partial charge is 0.271 e. The number of non-ortho nitro benzene ring substituents is 2. The van der Waals surface area contributed by atoms with Gasteiger partial charge < -0.3 is 20.1 Å². The predicted octanol–water partition coefficient (Wildman–Crippen LogP) is 6.20. The Kier molecular flexibility index (Phi) is 14.7. The number of phenolic OH excluding ortho intramolecular Hbond substituents is 2. The quantitative estimate of drug-likeness (QED) is 0.0663. The molecule has 3 N–H and O–H groups in total. The molecule has 2 aromatic carbocycles. The van der Waals surface area contributed by atoms with Crippen LogP contribution in [0.2, 0.25) is 0 Å². The number of aromatic hydroxyl groups is 3. The molecule has 0 aliphatic carbocycles. The molecule has 0 atom stereocenters. The van der Waals surface area contributed by atoms with Crippen molar-refractivity contribution in [3.05, 3.63) is 125 Å². The fraction of sp³-hybridized carbons (Fsp3) is 0.152. The summed E-state index contributed by atoms with van der Waals surface area (Å²) < 4.78 is 7.31. The monoisotopic (exact) mass is 783 g/mol. The largest absolute Gasteiger partial charge is 0.506 e. The number of hydrogen-bond donors (Lipinski definition) is 3. The van der Waals surface area contributed by atoms with Gasteiger partial charge in [0.1, 0.15) is 46.1 Å². The van der Waals surface area contributed by atoms with Gasteiger partial charge in [0.25, 0.3) is 22.5 Å². The summed E-state index contributed by atoms with van der Waals surface area (Å²) in [5.41, 5.74) is -2.37. The molecule has 4 rings (SSSR count). The van der Waals surface area contributed by atoms with E-state index in [2.05, 4.69) is 33.6 Å². The van der Waals surface area contributed by atoms with E-state index in [1.165, 1.54) is 37.7 Å². The molecule has 0 unspecified atom stereocenters. The molecule has 2 aromatic heterocycles. The maximum absolute atomic E-state index is 12.4. The summed E-state index contributed by atoms with van der Waals surface area (Å²) in [7, 11) is 1.32. The zero-order valence-corrected chi connectivity index (χ0v) is 29.5. The number of ether oxygens (including phenoxy) is 1. The Morgan fingerprint density at radius 2 is 1.19 bits per heavy atom. The summed E-state index contributed by atoms with van der Waals surface area (Å²) in [6, 6.07) is 10.0. The molecule has 1 radical (unpaired) electrons. The van der Waals surface area contributed by atoms with Crippen LogP contribution < -0.4 is 15.9 Å². The third kappa shape index (κ3) is 9.05. The summed E-state index contributed by atoms with van der Waals surface area (Å²) in [6.45, 7) is 9.95. The van der Waals surface area contributed by atoms with Crippen molar-refractivity contribution >= 4 is 34.1 Å². The normalized spacial score (nSPS) is 10.4. The van der Waals surface area contributed by atoms with E-state index >= 15 is 0 Å². The van der Waals surface area contributed by atoms with Gasteiger partial charge in [-0.05, 0) is 26.0 Å². The van der Waals surface area contributed by atoms with Crippen molar-refractivity contribution < 1.29 is 46.7 Å². The maximum atomic E-state index is 12.4. The second-order valence-electron chi connectivity index (χ2n) is 10.4. The molecule has 0 saturated heterocycles. The first-order valence-corrected chi connectivity index (χ1v) is 14.7. The molecule has 0 saturated carbocycles. The number of phenols is 2. The van der Waals surface area contributed by atoms with E-state index in [0.717, 1.165) is 41.0 Å². The van der Waals surface area contributed by atoms with E-state index in [4.69, 9.17) is 4.74 Å². The fourth-order valence-electron chi connectivity index (χ4n) is 4.52. The molecule has 0 aliphatic heterocycles. The van der Waals surface area contributed by atoms with Gasteiger partial charge >= 0.3 is 0 Å². The Morgan fingerprint density at radius 3 is 1.59 bits per heavy atom. The maximum Gasteiger partial charge on any atom is 0.271 e. The minimum absolute atomic E-state index is 0. The number of azo groups is 2. The van der Waals surface area contributed by atoms with Crippen LogP contribution in [0.3, 0.4) is 0 Å². The van der Waals surface area contributed by atoms with Crippen LogP contribution in [0, 0.1) is 56.7 Å². The van der Waals surface area contributed by atoms with Crippen molar-refractivity contribution in [1.82, 2.24) is 9.13 Å². The summed E-state index contributed by atoms with van der Waals surface area (Å²) in [5, 5.41) is 85.3. The number of benzene rings is 2. The van der Waals surface area contributed by atoms with Crippen LogP contribution in [-0.4, -0.2) is 41.4 Å². The molecular weight excluding hydrogens is 755 g/mol. The summed E-state index contributed by atoms with van der Waals surface area (Å²) >= 11 is 0. The molecule has 0 amide bonds. The van der Waals surface area contributed by atoms with E-state index in [0.29, 0.717) is 0 Å². The van der Waals surface area contributed by atoms with Crippen LogP contribution in [-0.2, 0) is 29.9 Å². The zero-order valence-electron chi connectivity index (χ0n) is 28.5. The Balaban J connectivity index is 0.000000367. The minimum atomic E-state index is -0.709. The van der Waals surface area contributed by atoms with Crippen molar-refractivity contribution in [3.63, 3.8) is 0 Å². The Hall–Kier alpha value is -7.49. The van der Waals surface area contributed by atoms with Crippen LogP contribution in [0.15, 0.2) is 91.8 Å². The van der Waals surface area contributed by atoms with Gasteiger partial charge in [-0.3, -0.25) is 39.0 Å². The van der Waals surface area contributed by atoms with Gasteiger partial charge in [-0.1, -0.05) is 12.2 Å². The van der Waals surface area contributed by atoms with Gasteiger partial charge in [-0.25, -0.2) is 0 Å². The van der Waals surface area contributed by atoms with Crippen LogP contribution in [0.25, 0.3) is 0 Å². The standard InChI is InChI=1S/C17H15N5O5.C16H13N5O5.Co/c1-4-7-21-16(24)12(9-18)10(2)15(17(21)27-3)20-19-13-8-11(22(25)26)5-6-14(13)23;1-3-6-20-15(23)11(8-17)9(2)14(16(20)24)19-18-12-7-10(21(25)26)4-5-13(12)22;/h4-6,8,23H,1,7H2,2-3H3;3-5,7,22,24H,1,6H2,2H3;. The topological polar surface area (TPSA) is 297 Å². The van der Waals surface area contributed by atoms with Crippen LogP contribution in [0.4, 0.5) is 34.1 Å². The molecule has 2 heterocycles. The second kappa shape index (κ2) is 18.7. The van der Waals surface area contributed by atoms with E-state index in [1.807, 2.05) is 6.07 Å². The van der Waals surface area contributed by atoms with Gasteiger partial charge in [0.15, 0.2) is 11.4 Å². The molecule has 279 valence electrons. The molecule has 21 heteroatoms. The summed E-state index contributed by atoms with van der Waals surface area (Å²) in [6.07, 6.45) is 2.80. The fourth-order valence-corrected chi connectivity index (χ4v) is 4.52. The number of methoxy groups -OCH3 is 1. The van der Waals surface area contributed by atoms with Crippen LogP contribution >= 0.6 is 0 Å². The third-order valence-electron chi connectivity index (χ3n) is 7.19. The van der Waals surface area contributed by atoms with E-state index < -0.39 is 26.8 Å². The first-order chi connectivity index (χ1) is 25.2. The van der Waals surface area contributed by atoms with Crippen molar-refractivity contribution in [2.24, 2.45) is 20.5 Å². The van der Waals surface area contributed by atoms with Gasteiger partial charge in [0.05, 0.1) is 17.0 Å². The molecule has 0 fully saturated rings. The number of nitro benzene ring substituents is 2. The molecule has 54 heavy (non-hydrogen) atoms. The third-order valence-corrected chi connectivity index (χ3v) is 7.19. The molecule has 20 nitrogen and oxygen atoms in total. The molecule has 0 bridgehead atoms. The predicted molar refractivity (Wildman–Crippen MR) is 187 cm³/mol. The first-order valence-electron chi connectivity index (χ1n) is 14.7. The number of nitriles is 2. The van der Waals surface area contributed by atoms with E-state index in [1.54, 1.807) is 6.07 Å². The van der Waals surface area contributed by atoms with E-state index in [9.17, 15) is 55.7 Å². The van der Waals surface area contributed by atoms with Gasteiger partial charge in [0.2, 0.25) is 11.8 Å². The van der Waals surface area contributed by atoms with Crippen LogP contribution in [0.5, 0.6) is 23.3 Å². The van der Waals surface area contributed by atoms with Crippen molar-refractivity contribution in [1.29, 1.82) is 10.5 Å². The summed E-state index contributed by atoms with van der Waals surface area (Å²) in [4.78, 5) is 45.0. The Labute approximate surface area is 314 Å². The molecule has 0 spiro atoms. The van der Waals surface area contributed by atoms with Crippen molar-refractivity contribution in [3.8, 4) is 35.4 Å². The van der Waals surface area contributed by atoms with Gasteiger partial charge in [-0.15, -0.1) is 33.6 Å². The first kappa shape index (κ1) is 42.7. The number of aromatic nitrogens is 2. The number of hydrogen-bond acceptors (Lipinski definition) is 16. The SMILES string of the molecule is C=CCn1c(O)c(N=Nc2cc([N+](=O)[O-])ccc2O)c(C)c(C#N)c1=O.C=CCn1c(OC)c(N=Nc2cc([N+](=O)[O-])ccc2O)c(C)c(C#N)c1=O.[Co]. The second-order valence-corrected chi connectivity index (χ2v) is 10.4. The number of allylic oxidation sites excluding steroid dienone is 2. The van der Waals surface area contributed by atoms with Crippen LogP contribution in [0.1, 0.15) is 22.3 Å². The summed E-state index contributed by atoms with van der Waals surface area (Å²) in [5.74, 6) is -1.18. The minimum Gasteiger partial charge on any atom is -0.506 e. The number of nitro groups is 2. The molecule has 0 aliphatic rings. The Bertz CT molecular complexity index is 2430. The number of nitrogens with zero attached hydrogens (tertiary/aromatic N) is 10.